The van der Waals surface area contributed by atoms with Gasteiger partial charge in [0.2, 0.25) is 0 Å². The predicted molar refractivity (Wildman–Crippen MR) is 72.8 cm³/mol. The second-order valence-corrected chi connectivity index (χ2v) is 5.24. The van der Waals surface area contributed by atoms with Crippen LogP contribution in [0.3, 0.4) is 0 Å². The Morgan fingerprint density at radius 1 is 1.38 bits per heavy atom. The van der Waals surface area contributed by atoms with E-state index in [0.29, 0.717) is 5.56 Å². The number of alkyl halides is 3. The number of nitrogens with one attached hydrogen (secondary N) is 1. The summed E-state index contributed by atoms with van der Waals surface area (Å²) >= 11 is 3.22. The Hall–Kier alpha value is -1.57. The fourth-order valence-electron chi connectivity index (χ4n) is 1.68. The summed E-state index contributed by atoms with van der Waals surface area (Å²) in [5, 5.41) is 2.05. The maximum atomic E-state index is 12.4. The van der Waals surface area contributed by atoms with Gasteiger partial charge < -0.3 is 10.1 Å². The van der Waals surface area contributed by atoms with Crippen LogP contribution in [-0.2, 0) is 9.53 Å². The number of methoxy groups -OCH3 is 1. The van der Waals surface area contributed by atoms with Crippen LogP contribution >= 0.6 is 15.9 Å². The normalized spacial score (nSPS) is 12.7. The van der Waals surface area contributed by atoms with Crippen molar-refractivity contribution < 1.29 is 27.5 Å². The van der Waals surface area contributed by atoms with E-state index in [9.17, 15) is 22.8 Å². The molecule has 1 atom stereocenters. The van der Waals surface area contributed by atoms with E-state index in [2.05, 4.69) is 26.0 Å². The Bertz CT molecular complexity index is 546. The number of esters is 1. The van der Waals surface area contributed by atoms with Gasteiger partial charge in [0.1, 0.15) is 6.04 Å². The zero-order valence-corrected chi connectivity index (χ0v) is 12.8. The molecule has 0 radical (unpaired) electrons. The van der Waals surface area contributed by atoms with Crippen LogP contribution in [-0.4, -0.2) is 31.2 Å². The maximum absolute atomic E-state index is 12.4. The van der Waals surface area contributed by atoms with Crippen LogP contribution in [0.4, 0.5) is 13.2 Å². The zero-order chi connectivity index (χ0) is 16.2. The van der Waals surface area contributed by atoms with Crippen LogP contribution in [0.2, 0.25) is 0 Å². The Morgan fingerprint density at radius 2 is 2.00 bits per heavy atom. The van der Waals surface area contributed by atoms with Crippen molar-refractivity contribution in [3.63, 3.8) is 0 Å². The van der Waals surface area contributed by atoms with Crippen molar-refractivity contribution in [1.29, 1.82) is 0 Å². The summed E-state index contributed by atoms with van der Waals surface area (Å²) in [4.78, 5) is 23.3. The van der Waals surface area contributed by atoms with Crippen molar-refractivity contribution in [3.8, 4) is 0 Å². The fourth-order valence-corrected chi connectivity index (χ4v) is 2.16. The van der Waals surface area contributed by atoms with E-state index >= 15 is 0 Å². The van der Waals surface area contributed by atoms with Crippen molar-refractivity contribution in [2.75, 3.05) is 7.11 Å². The number of hydrogen-bond donors (Lipinski definition) is 1. The van der Waals surface area contributed by atoms with Crippen LogP contribution in [0, 0.1) is 6.92 Å². The Balaban J connectivity index is 2.92. The summed E-state index contributed by atoms with van der Waals surface area (Å²) < 4.78 is 42.3. The van der Waals surface area contributed by atoms with Gasteiger partial charge in [0.05, 0.1) is 13.5 Å². The molecule has 0 saturated heterocycles. The molecule has 0 spiro atoms. The number of amides is 1. The molecular formula is C13H13BrF3NO3. The molecule has 0 heterocycles. The number of halogens is 4. The molecule has 0 aliphatic rings. The van der Waals surface area contributed by atoms with Crippen LogP contribution in [0.25, 0.3) is 0 Å². The van der Waals surface area contributed by atoms with Gasteiger partial charge in [-0.15, -0.1) is 0 Å². The summed E-state index contributed by atoms with van der Waals surface area (Å²) in [5.41, 5.74) is 0.756. The third-order valence-electron chi connectivity index (χ3n) is 2.66. The van der Waals surface area contributed by atoms with Gasteiger partial charge in [0.15, 0.2) is 0 Å². The van der Waals surface area contributed by atoms with Crippen LogP contribution < -0.4 is 5.32 Å². The molecule has 0 bridgehead atoms. The first-order chi connectivity index (χ1) is 9.64. The fraction of sp³-hybridized carbons (Fsp3) is 0.385. The van der Waals surface area contributed by atoms with E-state index in [1.54, 1.807) is 19.1 Å². The molecular weight excluding hydrogens is 355 g/mol. The molecule has 8 heteroatoms. The lowest BCUT2D eigenvalue weighted by Gasteiger charge is -2.18. The van der Waals surface area contributed by atoms with Crippen LogP contribution in [0.5, 0.6) is 0 Å². The highest BCUT2D eigenvalue weighted by molar-refractivity contribution is 9.10. The number of hydrogen-bond acceptors (Lipinski definition) is 3. The number of benzene rings is 1. The van der Waals surface area contributed by atoms with Crippen molar-refractivity contribution in [2.24, 2.45) is 0 Å². The Kier molecular flexibility index (Phi) is 5.77. The van der Waals surface area contributed by atoms with Crippen molar-refractivity contribution in [3.05, 3.63) is 33.8 Å². The van der Waals surface area contributed by atoms with Crippen molar-refractivity contribution in [2.45, 2.75) is 25.6 Å². The quantitative estimate of drug-likeness (QED) is 0.832. The van der Waals surface area contributed by atoms with E-state index in [0.717, 1.165) is 11.6 Å². The molecule has 1 unspecified atom stereocenters. The minimum absolute atomic E-state index is 0.189. The molecule has 0 fully saturated rings. The number of ether oxygens (including phenoxy) is 1. The number of carbonyl (C=O) groups is 2. The minimum Gasteiger partial charge on any atom is -0.467 e. The standard InChI is InChI=1S/C13H13BrF3NO3/c1-7-5-8(14)3-4-9(7)11(19)18-10(12(20)21-2)6-13(15,16)17/h3-5,10H,6H2,1-2H3,(H,18,19). The molecule has 1 rings (SSSR count). The van der Waals surface area contributed by atoms with Gasteiger partial charge in [-0.1, -0.05) is 15.9 Å². The van der Waals surface area contributed by atoms with Crippen molar-refractivity contribution in [1.82, 2.24) is 5.32 Å². The average Bonchev–Trinajstić information content (AvgIpc) is 2.35. The molecule has 0 aliphatic heterocycles. The highest BCUT2D eigenvalue weighted by atomic mass is 79.9. The molecule has 0 aliphatic carbocycles. The summed E-state index contributed by atoms with van der Waals surface area (Å²) in [6.07, 6.45) is -6.08. The molecule has 1 aromatic rings. The second kappa shape index (κ2) is 6.93. The molecule has 21 heavy (non-hydrogen) atoms. The lowest BCUT2D eigenvalue weighted by Crippen LogP contribution is -2.44. The summed E-state index contributed by atoms with van der Waals surface area (Å²) in [7, 11) is 0.961. The molecule has 0 aromatic heterocycles. The van der Waals surface area contributed by atoms with E-state index in [4.69, 9.17) is 0 Å². The maximum Gasteiger partial charge on any atom is 0.391 e. The number of carbonyl (C=O) groups excluding carboxylic acids is 2. The van der Waals surface area contributed by atoms with Gasteiger partial charge in [0.25, 0.3) is 5.91 Å². The largest absolute Gasteiger partial charge is 0.467 e. The second-order valence-electron chi connectivity index (χ2n) is 4.33. The summed E-state index contributed by atoms with van der Waals surface area (Å²) in [6.45, 7) is 1.64. The summed E-state index contributed by atoms with van der Waals surface area (Å²) in [5.74, 6) is -1.91. The van der Waals surface area contributed by atoms with Gasteiger partial charge in [0, 0.05) is 10.0 Å². The van der Waals surface area contributed by atoms with Gasteiger partial charge in [-0.05, 0) is 30.7 Å². The predicted octanol–water partition coefficient (Wildman–Crippen LogP) is 2.98. The third-order valence-corrected chi connectivity index (χ3v) is 3.15. The van der Waals surface area contributed by atoms with Crippen molar-refractivity contribution >= 4 is 27.8 Å². The highest BCUT2D eigenvalue weighted by Gasteiger charge is 2.37. The first-order valence-corrected chi connectivity index (χ1v) is 6.65. The lowest BCUT2D eigenvalue weighted by molar-refractivity contribution is -0.160. The molecule has 4 nitrogen and oxygen atoms in total. The number of aryl methyl sites for hydroxylation is 1. The van der Waals surface area contributed by atoms with E-state index in [-0.39, 0.29) is 5.56 Å². The molecule has 0 saturated carbocycles. The zero-order valence-electron chi connectivity index (χ0n) is 11.3. The molecule has 116 valence electrons. The Labute approximate surface area is 127 Å². The van der Waals surface area contributed by atoms with Gasteiger partial charge in [-0.2, -0.15) is 13.2 Å². The smallest absolute Gasteiger partial charge is 0.391 e. The molecule has 1 amide bonds. The monoisotopic (exact) mass is 367 g/mol. The highest BCUT2D eigenvalue weighted by Crippen LogP contribution is 2.22. The van der Waals surface area contributed by atoms with E-state index in [1.165, 1.54) is 6.07 Å². The topological polar surface area (TPSA) is 55.4 Å². The molecule has 1 aromatic carbocycles. The van der Waals surface area contributed by atoms with Gasteiger partial charge >= 0.3 is 12.1 Å². The number of rotatable bonds is 4. The lowest BCUT2D eigenvalue weighted by atomic mass is 10.1. The average molecular weight is 368 g/mol. The van der Waals surface area contributed by atoms with Crippen LogP contribution in [0.1, 0.15) is 22.3 Å². The Morgan fingerprint density at radius 3 is 2.48 bits per heavy atom. The third kappa shape index (κ3) is 5.37. The first-order valence-electron chi connectivity index (χ1n) is 5.85. The first kappa shape index (κ1) is 17.5. The van der Waals surface area contributed by atoms with E-state index < -0.39 is 30.5 Å². The summed E-state index contributed by atoms with van der Waals surface area (Å²) in [6, 6.07) is 2.91. The minimum atomic E-state index is -4.60. The van der Waals surface area contributed by atoms with Crippen LogP contribution in [0.15, 0.2) is 22.7 Å². The van der Waals surface area contributed by atoms with Gasteiger partial charge in [-0.25, -0.2) is 4.79 Å². The van der Waals surface area contributed by atoms with E-state index in [1.807, 2.05) is 0 Å². The molecule has 1 N–H and O–H groups in total. The van der Waals surface area contributed by atoms with Gasteiger partial charge in [-0.3, -0.25) is 4.79 Å². The SMILES string of the molecule is COC(=O)C(CC(F)(F)F)NC(=O)c1ccc(Br)cc1C.